The maximum Gasteiger partial charge on any atom is 0.323 e. The zero-order valence-corrected chi connectivity index (χ0v) is 12.7. The maximum atomic E-state index is 11.8. The van der Waals surface area contributed by atoms with Crippen molar-refractivity contribution in [2.24, 2.45) is 7.05 Å². The van der Waals surface area contributed by atoms with Crippen molar-refractivity contribution in [1.82, 2.24) is 24.6 Å². The van der Waals surface area contributed by atoms with Crippen LogP contribution in [-0.4, -0.2) is 50.3 Å². The Morgan fingerprint density at radius 3 is 3.10 bits per heavy atom. The fourth-order valence-electron chi connectivity index (χ4n) is 2.70. The minimum Gasteiger partial charge on any atom is -0.468 e. The van der Waals surface area contributed by atoms with E-state index in [9.17, 15) is 4.79 Å². The number of fused-ring (bicyclic) bond motifs is 1. The van der Waals surface area contributed by atoms with Gasteiger partial charge in [0.25, 0.3) is 0 Å². The number of likely N-dealkylation sites (tertiary alicyclic amines) is 1. The molecule has 0 aliphatic carbocycles. The SMILES string of the molecule is COC(=O)C1CCCN1Cc1nc(Cl)c2cnn(C)c2n1. The molecule has 0 spiro atoms. The van der Waals surface area contributed by atoms with Gasteiger partial charge in [0.15, 0.2) is 5.65 Å². The lowest BCUT2D eigenvalue weighted by Gasteiger charge is -2.21. The lowest BCUT2D eigenvalue weighted by Crippen LogP contribution is -2.36. The average molecular weight is 310 g/mol. The fourth-order valence-corrected chi connectivity index (χ4v) is 2.93. The summed E-state index contributed by atoms with van der Waals surface area (Å²) in [5.74, 6) is 0.382. The van der Waals surface area contributed by atoms with E-state index in [4.69, 9.17) is 16.3 Å². The number of aryl methyl sites for hydroxylation is 1. The first kappa shape index (κ1) is 14.2. The lowest BCUT2D eigenvalue weighted by atomic mass is 10.2. The summed E-state index contributed by atoms with van der Waals surface area (Å²) in [7, 11) is 3.22. The number of rotatable bonds is 3. The molecule has 0 bridgehead atoms. The average Bonchev–Trinajstić information content (AvgIpc) is 3.06. The number of ether oxygens (including phenoxy) is 1. The van der Waals surface area contributed by atoms with Gasteiger partial charge < -0.3 is 4.74 Å². The van der Waals surface area contributed by atoms with Crippen LogP contribution < -0.4 is 0 Å². The van der Waals surface area contributed by atoms with Crippen molar-refractivity contribution in [1.29, 1.82) is 0 Å². The summed E-state index contributed by atoms with van der Waals surface area (Å²) in [5, 5.41) is 5.24. The quantitative estimate of drug-likeness (QED) is 0.625. The number of carbonyl (C=O) groups excluding carboxylic acids is 1. The van der Waals surface area contributed by atoms with Crippen molar-refractivity contribution in [2.75, 3.05) is 13.7 Å². The van der Waals surface area contributed by atoms with Gasteiger partial charge in [0, 0.05) is 7.05 Å². The van der Waals surface area contributed by atoms with Crippen LogP contribution in [0.3, 0.4) is 0 Å². The van der Waals surface area contributed by atoms with Crippen molar-refractivity contribution in [2.45, 2.75) is 25.4 Å². The van der Waals surface area contributed by atoms with Crippen LogP contribution in [0.4, 0.5) is 0 Å². The van der Waals surface area contributed by atoms with E-state index in [0.29, 0.717) is 23.2 Å². The van der Waals surface area contributed by atoms with Gasteiger partial charge in [0.2, 0.25) is 0 Å². The Bertz CT molecular complexity index is 686. The molecule has 1 fully saturated rings. The Kier molecular flexibility index (Phi) is 3.77. The van der Waals surface area contributed by atoms with Gasteiger partial charge in [-0.2, -0.15) is 5.10 Å². The third-order valence-corrected chi connectivity index (χ3v) is 4.06. The van der Waals surface area contributed by atoms with Crippen molar-refractivity contribution < 1.29 is 9.53 Å². The fraction of sp³-hybridized carbons (Fsp3) is 0.538. The largest absolute Gasteiger partial charge is 0.468 e. The molecule has 3 heterocycles. The van der Waals surface area contributed by atoms with Crippen LogP contribution in [0.2, 0.25) is 5.15 Å². The summed E-state index contributed by atoms with van der Waals surface area (Å²) in [5.41, 5.74) is 0.693. The number of carbonyl (C=O) groups is 1. The first-order valence-corrected chi connectivity index (χ1v) is 7.14. The maximum absolute atomic E-state index is 11.8. The summed E-state index contributed by atoms with van der Waals surface area (Å²) >= 11 is 6.17. The van der Waals surface area contributed by atoms with Gasteiger partial charge in [-0.05, 0) is 19.4 Å². The minimum absolute atomic E-state index is 0.208. The Hall–Kier alpha value is -1.73. The van der Waals surface area contributed by atoms with Gasteiger partial charge in [-0.25, -0.2) is 9.97 Å². The molecule has 0 amide bonds. The van der Waals surface area contributed by atoms with Crippen LogP contribution in [0.25, 0.3) is 11.0 Å². The molecule has 1 saturated heterocycles. The zero-order chi connectivity index (χ0) is 15.0. The van der Waals surface area contributed by atoms with E-state index >= 15 is 0 Å². The molecule has 0 N–H and O–H groups in total. The van der Waals surface area contributed by atoms with Crippen LogP contribution in [0, 0.1) is 0 Å². The Morgan fingerprint density at radius 1 is 1.52 bits per heavy atom. The highest BCUT2D eigenvalue weighted by atomic mass is 35.5. The van der Waals surface area contributed by atoms with E-state index in [0.717, 1.165) is 24.8 Å². The van der Waals surface area contributed by atoms with E-state index in [2.05, 4.69) is 15.1 Å². The predicted molar refractivity (Wildman–Crippen MR) is 76.8 cm³/mol. The highest BCUT2D eigenvalue weighted by Crippen LogP contribution is 2.23. The number of esters is 1. The summed E-state index contributed by atoms with van der Waals surface area (Å²) < 4.78 is 6.50. The number of nitrogens with zero attached hydrogens (tertiary/aromatic N) is 5. The van der Waals surface area contributed by atoms with Gasteiger partial charge in [0.1, 0.15) is 17.0 Å². The summed E-state index contributed by atoms with van der Waals surface area (Å²) in [4.78, 5) is 22.6. The van der Waals surface area contributed by atoms with Gasteiger partial charge >= 0.3 is 5.97 Å². The molecular formula is C13H16ClN5O2. The van der Waals surface area contributed by atoms with Crippen molar-refractivity contribution in [3.05, 3.63) is 17.2 Å². The van der Waals surface area contributed by atoms with Gasteiger partial charge in [0.05, 0.1) is 25.2 Å². The molecular weight excluding hydrogens is 294 g/mol. The first-order chi connectivity index (χ1) is 10.1. The standard InChI is InChI=1S/C13H16ClN5O2/c1-18-12-8(6-15-18)11(14)16-10(17-12)7-19-5-3-4-9(19)13(20)21-2/h6,9H,3-5,7H2,1-2H3. The molecule has 2 aromatic heterocycles. The number of hydrogen-bond acceptors (Lipinski definition) is 6. The Balaban J connectivity index is 1.87. The summed E-state index contributed by atoms with van der Waals surface area (Å²) in [6, 6.07) is -0.223. The third kappa shape index (κ3) is 2.58. The normalized spacial score (nSPS) is 19.3. The Labute approximate surface area is 126 Å². The van der Waals surface area contributed by atoms with E-state index in [1.54, 1.807) is 10.9 Å². The van der Waals surface area contributed by atoms with Gasteiger partial charge in [-0.3, -0.25) is 14.4 Å². The molecule has 0 aromatic carbocycles. The molecule has 1 unspecified atom stereocenters. The first-order valence-electron chi connectivity index (χ1n) is 6.76. The number of aromatic nitrogens is 4. The molecule has 7 nitrogen and oxygen atoms in total. The van der Waals surface area contributed by atoms with Crippen LogP contribution in [0.5, 0.6) is 0 Å². The van der Waals surface area contributed by atoms with Gasteiger partial charge in [-0.15, -0.1) is 0 Å². The van der Waals surface area contributed by atoms with E-state index in [1.165, 1.54) is 7.11 Å². The van der Waals surface area contributed by atoms with E-state index < -0.39 is 0 Å². The molecule has 3 rings (SSSR count). The van der Waals surface area contributed by atoms with Crippen molar-refractivity contribution in [3.63, 3.8) is 0 Å². The monoisotopic (exact) mass is 309 g/mol. The lowest BCUT2D eigenvalue weighted by molar-refractivity contribution is -0.146. The summed E-state index contributed by atoms with van der Waals surface area (Å²) in [6.45, 7) is 1.30. The Morgan fingerprint density at radius 2 is 2.33 bits per heavy atom. The molecule has 0 radical (unpaired) electrons. The molecule has 8 heteroatoms. The topological polar surface area (TPSA) is 73.1 Å². The van der Waals surface area contributed by atoms with Gasteiger partial charge in [-0.1, -0.05) is 11.6 Å². The highest BCUT2D eigenvalue weighted by Gasteiger charge is 2.32. The van der Waals surface area contributed by atoms with Crippen molar-refractivity contribution >= 4 is 28.6 Å². The number of methoxy groups -OCH3 is 1. The zero-order valence-electron chi connectivity index (χ0n) is 11.9. The van der Waals surface area contributed by atoms with E-state index in [1.807, 2.05) is 11.9 Å². The smallest absolute Gasteiger partial charge is 0.323 e. The van der Waals surface area contributed by atoms with Crippen LogP contribution in [-0.2, 0) is 23.1 Å². The molecule has 2 aromatic rings. The summed E-state index contributed by atoms with van der Waals surface area (Å²) in [6.07, 6.45) is 3.41. The third-order valence-electron chi connectivity index (χ3n) is 3.77. The second-order valence-corrected chi connectivity index (χ2v) is 5.45. The van der Waals surface area contributed by atoms with Crippen LogP contribution in [0.15, 0.2) is 6.20 Å². The predicted octanol–water partition coefficient (Wildman–Crippen LogP) is 1.15. The molecule has 21 heavy (non-hydrogen) atoms. The molecule has 1 aliphatic heterocycles. The second-order valence-electron chi connectivity index (χ2n) is 5.09. The second kappa shape index (κ2) is 5.57. The highest BCUT2D eigenvalue weighted by molar-refractivity contribution is 6.33. The molecule has 1 aliphatic rings. The van der Waals surface area contributed by atoms with Crippen LogP contribution >= 0.6 is 11.6 Å². The van der Waals surface area contributed by atoms with Crippen molar-refractivity contribution in [3.8, 4) is 0 Å². The van der Waals surface area contributed by atoms with Crippen LogP contribution in [0.1, 0.15) is 18.7 Å². The van der Waals surface area contributed by atoms with E-state index in [-0.39, 0.29) is 12.0 Å². The molecule has 112 valence electrons. The molecule has 0 saturated carbocycles. The number of halogens is 1. The minimum atomic E-state index is -0.223. The number of hydrogen-bond donors (Lipinski definition) is 0. The molecule has 1 atom stereocenters.